The van der Waals surface area contributed by atoms with E-state index in [-0.39, 0.29) is 0 Å². The van der Waals surface area contributed by atoms with Crippen molar-refractivity contribution in [2.75, 3.05) is 0 Å². The Labute approximate surface area is 89.9 Å². The van der Waals surface area contributed by atoms with E-state index in [9.17, 15) is 0 Å². The number of aromatic nitrogens is 3. The lowest BCUT2D eigenvalue weighted by Crippen LogP contribution is -1.88. The van der Waals surface area contributed by atoms with E-state index in [1.807, 2.05) is 12.3 Å². The van der Waals surface area contributed by atoms with Gasteiger partial charge in [-0.15, -0.1) is 11.3 Å². The average Bonchev–Trinajstić information content (AvgIpc) is 2.72. The molecule has 0 spiro atoms. The number of aromatic amines is 1. The van der Waals surface area contributed by atoms with Crippen LogP contribution in [0.5, 0.6) is 0 Å². The van der Waals surface area contributed by atoms with Gasteiger partial charge in [-0.25, -0.2) is 0 Å². The fourth-order valence-corrected chi connectivity index (χ4v) is 1.88. The first-order chi connectivity index (χ1) is 6.77. The molecule has 1 N–H and O–H groups in total. The predicted octanol–water partition coefficient (Wildman–Crippen LogP) is 2.19. The number of nitrogens with one attached hydrogen (secondary N) is 1. The first-order valence-electron chi connectivity index (χ1n) is 3.98. The fourth-order valence-electron chi connectivity index (χ4n) is 0.956. The largest absolute Gasteiger partial charge is 0.250 e. The Morgan fingerprint density at radius 2 is 2.57 bits per heavy atom. The maximum Gasteiger partial charge on any atom is 0.216 e. The minimum atomic E-state index is 0.496. The Bertz CT molecular complexity index is 505. The Hall–Kier alpha value is -1.27. The molecule has 4 nitrogen and oxygen atoms in total. The Balaban J connectivity index is 2.28. The molecular formula is C8H8N4S2. The molecule has 0 saturated carbocycles. The summed E-state index contributed by atoms with van der Waals surface area (Å²) in [6.07, 6.45) is 3.33. The highest BCUT2D eigenvalue weighted by atomic mass is 32.1. The van der Waals surface area contributed by atoms with Gasteiger partial charge in [0.2, 0.25) is 4.77 Å². The molecule has 6 heteroatoms. The van der Waals surface area contributed by atoms with E-state index < -0.39 is 0 Å². The molecule has 0 aliphatic rings. The van der Waals surface area contributed by atoms with E-state index in [1.165, 1.54) is 10.2 Å². The maximum absolute atomic E-state index is 4.95. The highest BCUT2D eigenvalue weighted by Crippen LogP contribution is 2.12. The van der Waals surface area contributed by atoms with Crippen molar-refractivity contribution in [3.63, 3.8) is 0 Å². The standard InChI is InChI=1S/C8H8N4S2/c1-6-2-3-14-7(6)4-10-12-5-9-11-8(12)13/h2-5H,1H3,(H,11,13)/b10-4-. The van der Waals surface area contributed by atoms with Crippen LogP contribution in [0.25, 0.3) is 0 Å². The summed E-state index contributed by atoms with van der Waals surface area (Å²) in [7, 11) is 0. The zero-order valence-electron chi connectivity index (χ0n) is 7.47. The highest BCUT2D eigenvalue weighted by molar-refractivity contribution is 7.71. The van der Waals surface area contributed by atoms with Crippen LogP contribution in [0.4, 0.5) is 0 Å². The lowest BCUT2D eigenvalue weighted by molar-refractivity contribution is 0.863. The summed E-state index contributed by atoms with van der Waals surface area (Å²) >= 11 is 6.60. The van der Waals surface area contributed by atoms with Crippen LogP contribution < -0.4 is 0 Å². The number of thiophene rings is 1. The van der Waals surface area contributed by atoms with Crippen LogP contribution in [0, 0.1) is 11.7 Å². The summed E-state index contributed by atoms with van der Waals surface area (Å²) in [5, 5.41) is 12.6. The summed E-state index contributed by atoms with van der Waals surface area (Å²) in [5.74, 6) is 0. The molecule has 0 saturated heterocycles. The van der Waals surface area contributed by atoms with E-state index in [4.69, 9.17) is 12.2 Å². The Morgan fingerprint density at radius 3 is 3.14 bits per heavy atom. The number of aryl methyl sites for hydroxylation is 1. The first-order valence-corrected chi connectivity index (χ1v) is 5.26. The van der Waals surface area contributed by atoms with Crippen molar-refractivity contribution in [2.45, 2.75) is 6.92 Å². The molecule has 0 aromatic carbocycles. The second-order valence-electron chi connectivity index (χ2n) is 2.72. The molecule has 0 aliphatic carbocycles. The minimum absolute atomic E-state index is 0.496. The first kappa shape index (κ1) is 9.29. The smallest absolute Gasteiger partial charge is 0.216 e. The molecule has 2 heterocycles. The normalized spacial score (nSPS) is 11.2. The van der Waals surface area contributed by atoms with Gasteiger partial charge in [0.1, 0.15) is 6.33 Å². The topological polar surface area (TPSA) is 46.0 Å². The lowest BCUT2D eigenvalue weighted by Gasteiger charge is -1.90. The van der Waals surface area contributed by atoms with E-state index >= 15 is 0 Å². The van der Waals surface area contributed by atoms with Gasteiger partial charge in [0.15, 0.2) is 0 Å². The number of rotatable bonds is 2. The molecule has 0 atom stereocenters. The van der Waals surface area contributed by atoms with Gasteiger partial charge in [0.25, 0.3) is 0 Å². The van der Waals surface area contributed by atoms with Crippen LogP contribution in [0.3, 0.4) is 0 Å². The Kier molecular flexibility index (Phi) is 2.55. The summed E-state index contributed by atoms with van der Waals surface area (Å²) < 4.78 is 2.02. The Morgan fingerprint density at radius 1 is 1.71 bits per heavy atom. The second kappa shape index (κ2) is 3.85. The molecule has 2 rings (SSSR count). The van der Waals surface area contributed by atoms with Crippen molar-refractivity contribution in [3.8, 4) is 0 Å². The van der Waals surface area contributed by atoms with Gasteiger partial charge in [-0.1, -0.05) is 0 Å². The third kappa shape index (κ3) is 1.80. The van der Waals surface area contributed by atoms with Crippen molar-refractivity contribution in [2.24, 2.45) is 5.10 Å². The van der Waals surface area contributed by atoms with Crippen molar-refractivity contribution >= 4 is 29.8 Å². The van der Waals surface area contributed by atoms with Crippen molar-refractivity contribution in [1.82, 2.24) is 14.9 Å². The minimum Gasteiger partial charge on any atom is -0.250 e. The SMILES string of the molecule is Cc1ccsc1/C=N\n1cn[nH]c1=S. The van der Waals surface area contributed by atoms with Crippen molar-refractivity contribution in [1.29, 1.82) is 0 Å². The van der Waals surface area contributed by atoms with Gasteiger partial charge in [-0.3, -0.25) is 5.10 Å². The summed E-state index contributed by atoms with van der Waals surface area (Å²) in [4.78, 5) is 1.13. The highest BCUT2D eigenvalue weighted by Gasteiger charge is 1.95. The zero-order valence-corrected chi connectivity index (χ0v) is 9.10. The van der Waals surface area contributed by atoms with Crippen LogP contribution in [0.15, 0.2) is 22.9 Å². The molecule has 14 heavy (non-hydrogen) atoms. The quantitative estimate of drug-likeness (QED) is 0.628. The van der Waals surface area contributed by atoms with Crippen LogP contribution in [0.1, 0.15) is 10.4 Å². The molecule has 0 radical (unpaired) electrons. The summed E-state index contributed by atoms with van der Waals surface area (Å²) in [5.41, 5.74) is 1.22. The van der Waals surface area contributed by atoms with Crippen LogP contribution in [0.2, 0.25) is 0 Å². The van der Waals surface area contributed by atoms with Crippen LogP contribution in [-0.2, 0) is 0 Å². The number of hydrogen-bond acceptors (Lipinski definition) is 4. The average molecular weight is 224 g/mol. The molecule has 2 aromatic rings. The van der Waals surface area contributed by atoms with Crippen LogP contribution >= 0.6 is 23.6 Å². The number of nitrogens with zero attached hydrogens (tertiary/aromatic N) is 3. The van der Waals surface area contributed by atoms with Gasteiger partial charge in [0, 0.05) is 0 Å². The monoisotopic (exact) mass is 224 g/mol. The van der Waals surface area contributed by atoms with Crippen molar-refractivity contribution < 1.29 is 0 Å². The summed E-state index contributed by atoms with van der Waals surface area (Å²) in [6, 6.07) is 2.06. The van der Waals surface area contributed by atoms with E-state index in [2.05, 4.69) is 21.4 Å². The molecule has 0 fully saturated rings. The summed E-state index contributed by atoms with van der Waals surface area (Å²) in [6.45, 7) is 2.05. The van der Waals surface area contributed by atoms with Gasteiger partial charge in [0.05, 0.1) is 11.1 Å². The van der Waals surface area contributed by atoms with E-state index in [0.29, 0.717) is 4.77 Å². The van der Waals surface area contributed by atoms with Gasteiger partial charge in [-0.2, -0.15) is 14.9 Å². The third-order valence-electron chi connectivity index (χ3n) is 1.74. The van der Waals surface area contributed by atoms with E-state index in [1.54, 1.807) is 23.9 Å². The predicted molar refractivity (Wildman–Crippen MR) is 59.5 cm³/mol. The van der Waals surface area contributed by atoms with Gasteiger partial charge < -0.3 is 0 Å². The maximum atomic E-state index is 4.95. The molecule has 0 amide bonds. The number of H-pyrrole nitrogens is 1. The van der Waals surface area contributed by atoms with E-state index in [0.717, 1.165) is 4.88 Å². The lowest BCUT2D eigenvalue weighted by atomic mass is 10.3. The van der Waals surface area contributed by atoms with Crippen molar-refractivity contribution in [3.05, 3.63) is 33.0 Å². The molecule has 72 valence electrons. The fraction of sp³-hybridized carbons (Fsp3) is 0.125. The molecule has 0 bridgehead atoms. The molecule has 2 aromatic heterocycles. The molecule has 0 aliphatic heterocycles. The van der Waals surface area contributed by atoms with Gasteiger partial charge in [-0.05, 0) is 36.2 Å². The second-order valence-corrected chi connectivity index (χ2v) is 4.05. The zero-order chi connectivity index (χ0) is 9.97. The molecule has 0 unspecified atom stereocenters. The molecular weight excluding hydrogens is 216 g/mol. The number of hydrogen-bond donors (Lipinski definition) is 1. The third-order valence-corrected chi connectivity index (χ3v) is 2.97. The van der Waals surface area contributed by atoms with Crippen LogP contribution in [-0.4, -0.2) is 21.1 Å². The van der Waals surface area contributed by atoms with Gasteiger partial charge >= 0.3 is 0 Å².